The third-order valence-corrected chi connectivity index (χ3v) is 4.76. The van der Waals surface area contributed by atoms with Gasteiger partial charge in [0.2, 0.25) is 17.3 Å². The Morgan fingerprint density at radius 1 is 1.23 bits per heavy atom. The van der Waals surface area contributed by atoms with Crippen molar-refractivity contribution >= 4 is 17.1 Å². The molecule has 4 nitrogen and oxygen atoms in total. The van der Waals surface area contributed by atoms with Gasteiger partial charge in [-0.25, -0.2) is 0 Å². The molecule has 2 atom stereocenters. The van der Waals surface area contributed by atoms with Gasteiger partial charge in [0, 0.05) is 12.2 Å². The Kier molecular flexibility index (Phi) is 6.24. The zero-order chi connectivity index (χ0) is 15.9. The summed E-state index contributed by atoms with van der Waals surface area (Å²) in [7, 11) is 0. The predicted molar refractivity (Wildman–Crippen MR) is 86.0 cm³/mol. The topological polar surface area (TPSA) is 61.4 Å². The number of thiazole rings is 1. The van der Waals surface area contributed by atoms with Gasteiger partial charge in [-0.1, -0.05) is 48.6 Å². The number of rotatable bonds is 8. The second-order valence-corrected chi connectivity index (χ2v) is 6.49. The molecule has 0 radical (unpaired) electrons. The molecule has 0 aliphatic rings. The summed E-state index contributed by atoms with van der Waals surface area (Å²) in [5, 5.41) is 21.8. The molecule has 2 N–H and O–H groups in total. The lowest BCUT2D eigenvalue weighted by molar-refractivity contribution is -0.686. The van der Waals surface area contributed by atoms with Crippen molar-refractivity contribution in [3.05, 3.63) is 52.5 Å². The van der Waals surface area contributed by atoms with E-state index < -0.39 is 0 Å². The molecule has 0 amide bonds. The number of Topliss-reactive ketones (excluding diaryl/α,β-unsaturated/α-hetero) is 1. The Morgan fingerprint density at radius 3 is 2.59 bits per heavy atom. The number of hydrogen-bond donors (Lipinski definition) is 2. The van der Waals surface area contributed by atoms with Crippen molar-refractivity contribution in [3.8, 4) is 0 Å². The lowest BCUT2D eigenvalue weighted by Crippen LogP contribution is -2.41. The first-order chi connectivity index (χ1) is 10.7. The van der Waals surface area contributed by atoms with Gasteiger partial charge in [0.25, 0.3) is 0 Å². The second kappa shape index (κ2) is 8.17. The van der Waals surface area contributed by atoms with Crippen LogP contribution in [0.5, 0.6) is 0 Å². The zero-order valence-electron chi connectivity index (χ0n) is 12.7. The molecular formula is C17H22NO3S+. The standard InChI is InChI=1S/C17H22NO3S/c1-13(11-19)9-15(12-20)17-18(7-8-22-17)10-16(21)14-5-3-2-4-6-14/h2-8,13,15,19-20H,9-12H2,1H3/q+1. The number of hydrogen-bond acceptors (Lipinski definition) is 4. The number of ketones is 1. The van der Waals surface area contributed by atoms with Crippen LogP contribution < -0.4 is 4.57 Å². The van der Waals surface area contributed by atoms with Gasteiger partial charge in [-0.3, -0.25) is 4.79 Å². The zero-order valence-corrected chi connectivity index (χ0v) is 13.5. The maximum absolute atomic E-state index is 12.3. The Balaban J connectivity index is 2.13. The molecule has 1 aromatic heterocycles. The minimum atomic E-state index is -0.0503. The number of nitrogens with zero attached hydrogens (tertiary/aromatic N) is 1. The molecule has 5 heteroatoms. The van der Waals surface area contributed by atoms with Gasteiger partial charge < -0.3 is 10.2 Å². The van der Waals surface area contributed by atoms with Gasteiger partial charge in [0.15, 0.2) is 6.20 Å². The molecule has 0 saturated carbocycles. The van der Waals surface area contributed by atoms with E-state index in [1.54, 1.807) is 11.3 Å². The normalized spacial score (nSPS) is 13.8. The maximum atomic E-state index is 12.3. The van der Waals surface area contributed by atoms with Gasteiger partial charge in [-0.15, -0.1) is 0 Å². The lowest BCUT2D eigenvalue weighted by atomic mass is 9.97. The molecule has 0 aliphatic carbocycles. The number of benzene rings is 1. The smallest absolute Gasteiger partial charge is 0.243 e. The minimum absolute atomic E-state index is 0.0182. The first kappa shape index (κ1) is 16.8. The molecule has 22 heavy (non-hydrogen) atoms. The van der Waals surface area contributed by atoms with Crippen molar-refractivity contribution in [3.63, 3.8) is 0 Å². The summed E-state index contributed by atoms with van der Waals surface area (Å²) in [4.78, 5) is 12.3. The Hall–Kier alpha value is -1.56. The van der Waals surface area contributed by atoms with E-state index >= 15 is 0 Å². The molecule has 1 aromatic carbocycles. The van der Waals surface area contributed by atoms with Crippen molar-refractivity contribution in [2.24, 2.45) is 5.92 Å². The van der Waals surface area contributed by atoms with Crippen molar-refractivity contribution in [1.29, 1.82) is 0 Å². The van der Waals surface area contributed by atoms with Crippen LogP contribution in [0.2, 0.25) is 0 Å². The van der Waals surface area contributed by atoms with E-state index in [1.807, 2.05) is 53.4 Å². The molecule has 1 heterocycles. The van der Waals surface area contributed by atoms with Crippen LogP contribution in [-0.4, -0.2) is 29.2 Å². The number of carbonyl (C=O) groups is 1. The van der Waals surface area contributed by atoms with Crippen LogP contribution in [0.25, 0.3) is 0 Å². The van der Waals surface area contributed by atoms with Crippen LogP contribution in [-0.2, 0) is 6.54 Å². The molecule has 0 bridgehead atoms. The van der Waals surface area contributed by atoms with Crippen molar-refractivity contribution in [2.75, 3.05) is 13.2 Å². The van der Waals surface area contributed by atoms with E-state index in [1.165, 1.54) is 0 Å². The fourth-order valence-corrected chi connectivity index (χ4v) is 3.43. The molecule has 0 fully saturated rings. The molecule has 2 unspecified atom stereocenters. The number of aromatic nitrogens is 1. The average Bonchev–Trinajstić information content (AvgIpc) is 3.01. The third-order valence-electron chi connectivity index (χ3n) is 3.69. The van der Waals surface area contributed by atoms with E-state index in [0.29, 0.717) is 12.0 Å². The van der Waals surface area contributed by atoms with Gasteiger partial charge in [0.05, 0.1) is 17.9 Å². The van der Waals surface area contributed by atoms with Crippen molar-refractivity contribution in [2.45, 2.75) is 25.8 Å². The van der Waals surface area contributed by atoms with Crippen LogP contribution in [0, 0.1) is 5.92 Å². The monoisotopic (exact) mass is 320 g/mol. The summed E-state index contributed by atoms with van der Waals surface area (Å²) < 4.78 is 1.91. The highest BCUT2D eigenvalue weighted by Crippen LogP contribution is 2.24. The van der Waals surface area contributed by atoms with E-state index in [9.17, 15) is 15.0 Å². The van der Waals surface area contributed by atoms with Crippen LogP contribution in [0.1, 0.15) is 34.6 Å². The van der Waals surface area contributed by atoms with Gasteiger partial charge >= 0.3 is 0 Å². The lowest BCUT2D eigenvalue weighted by Gasteiger charge is -2.14. The van der Waals surface area contributed by atoms with Crippen LogP contribution in [0.3, 0.4) is 0 Å². The Labute approximate surface area is 134 Å². The Bertz CT molecular complexity index is 597. The minimum Gasteiger partial charge on any atom is -0.396 e. The number of aliphatic hydroxyl groups is 2. The molecule has 0 aliphatic heterocycles. The third kappa shape index (κ3) is 4.22. The fraction of sp³-hybridized carbons (Fsp3) is 0.412. The largest absolute Gasteiger partial charge is 0.396 e. The molecule has 2 aromatic rings. The highest BCUT2D eigenvalue weighted by Gasteiger charge is 2.26. The van der Waals surface area contributed by atoms with Crippen LogP contribution in [0.4, 0.5) is 0 Å². The molecule has 118 valence electrons. The van der Waals surface area contributed by atoms with E-state index in [4.69, 9.17) is 0 Å². The van der Waals surface area contributed by atoms with E-state index in [2.05, 4.69) is 0 Å². The predicted octanol–water partition coefficient (Wildman–Crippen LogP) is 2.01. The summed E-state index contributed by atoms with van der Waals surface area (Å²) in [6.07, 6.45) is 2.58. The van der Waals surface area contributed by atoms with Crippen LogP contribution in [0.15, 0.2) is 41.9 Å². The van der Waals surface area contributed by atoms with Crippen molar-refractivity contribution < 1.29 is 19.6 Å². The van der Waals surface area contributed by atoms with Gasteiger partial charge in [0.1, 0.15) is 0 Å². The first-order valence-electron chi connectivity index (χ1n) is 7.42. The number of aliphatic hydroxyl groups excluding tert-OH is 2. The SMILES string of the molecule is CC(CO)CC(CO)c1scc[n+]1CC(=O)c1ccccc1. The highest BCUT2D eigenvalue weighted by atomic mass is 32.1. The Morgan fingerprint density at radius 2 is 1.95 bits per heavy atom. The first-order valence-corrected chi connectivity index (χ1v) is 8.30. The second-order valence-electron chi connectivity index (χ2n) is 5.56. The van der Waals surface area contributed by atoms with Gasteiger partial charge in [-0.05, 0) is 12.3 Å². The van der Waals surface area contributed by atoms with Crippen molar-refractivity contribution in [1.82, 2.24) is 0 Å². The van der Waals surface area contributed by atoms with E-state index in [0.717, 1.165) is 5.01 Å². The summed E-state index contributed by atoms with van der Waals surface area (Å²) >= 11 is 1.54. The number of carbonyl (C=O) groups excluding carboxylic acids is 1. The molecule has 0 spiro atoms. The summed E-state index contributed by atoms with van der Waals surface area (Å²) in [6.45, 7) is 2.35. The van der Waals surface area contributed by atoms with Crippen LogP contribution >= 0.6 is 11.3 Å². The quantitative estimate of drug-likeness (QED) is 0.578. The van der Waals surface area contributed by atoms with Gasteiger partial charge in [-0.2, -0.15) is 4.57 Å². The molecule has 2 rings (SSSR count). The maximum Gasteiger partial charge on any atom is 0.243 e. The highest BCUT2D eigenvalue weighted by molar-refractivity contribution is 7.09. The summed E-state index contributed by atoms with van der Waals surface area (Å²) in [5.41, 5.74) is 0.691. The summed E-state index contributed by atoms with van der Waals surface area (Å²) in [6, 6.07) is 9.22. The average molecular weight is 320 g/mol. The molecule has 0 saturated heterocycles. The fourth-order valence-electron chi connectivity index (χ4n) is 2.46. The summed E-state index contributed by atoms with van der Waals surface area (Å²) in [5.74, 6) is 0.125. The molecular weight excluding hydrogens is 298 g/mol. The van der Waals surface area contributed by atoms with E-state index in [-0.39, 0.29) is 37.4 Å².